The van der Waals surface area contributed by atoms with Gasteiger partial charge in [0.05, 0.1) is 23.5 Å². The average Bonchev–Trinajstić information content (AvgIpc) is 2.70. The summed E-state index contributed by atoms with van der Waals surface area (Å²) < 4.78 is 6.04. The maximum absolute atomic E-state index is 10.0. The fourth-order valence-corrected chi connectivity index (χ4v) is 4.26. The molecular formula is C22H31N5OS. The Kier molecular flexibility index (Phi) is 6.45. The van der Waals surface area contributed by atoms with E-state index in [2.05, 4.69) is 55.5 Å². The fourth-order valence-electron chi connectivity index (χ4n) is 3.99. The molecule has 3 heterocycles. The minimum atomic E-state index is -0.271. The first-order valence-corrected chi connectivity index (χ1v) is 10.7. The van der Waals surface area contributed by atoms with Gasteiger partial charge in [-0.1, -0.05) is 19.9 Å². The fraction of sp³-hybridized carbons (Fsp3) is 0.591. The Morgan fingerprint density at radius 3 is 2.62 bits per heavy atom. The quantitative estimate of drug-likeness (QED) is 0.601. The molecule has 0 spiro atoms. The van der Waals surface area contributed by atoms with Crippen molar-refractivity contribution in [2.24, 2.45) is 0 Å². The van der Waals surface area contributed by atoms with Crippen LogP contribution in [0.25, 0.3) is 0 Å². The third-order valence-corrected chi connectivity index (χ3v) is 5.96. The lowest BCUT2D eigenvalue weighted by molar-refractivity contribution is -0.0408. The van der Waals surface area contributed by atoms with E-state index in [4.69, 9.17) is 21.9 Å². The van der Waals surface area contributed by atoms with E-state index in [9.17, 15) is 5.26 Å². The lowest BCUT2D eigenvalue weighted by Gasteiger charge is -2.39. The van der Waals surface area contributed by atoms with Crippen LogP contribution in [0.5, 0.6) is 0 Å². The molecule has 0 radical (unpaired) electrons. The van der Waals surface area contributed by atoms with Crippen LogP contribution in [-0.2, 0) is 17.8 Å². The van der Waals surface area contributed by atoms with Crippen LogP contribution in [-0.4, -0.2) is 53.3 Å². The first kappa shape index (κ1) is 21.5. The summed E-state index contributed by atoms with van der Waals surface area (Å²) >= 11 is 5.47. The molecule has 1 N–H and O–H groups in total. The van der Waals surface area contributed by atoms with Crippen molar-refractivity contribution in [3.05, 3.63) is 35.0 Å². The predicted molar refractivity (Wildman–Crippen MR) is 120 cm³/mol. The van der Waals surface area contributed by atoms with Gasteiger partial charge in [-0.2, -0.15) is 5.26 Å². The van der Waals surface area contributed by atoms with E-state index in [1.807, 2.05) is 0 Å². The lowest BCUT2D eigenvalue weighted by atomic mass is 9.86. The molecule has 29 heavy (non-hydrogen) atoms. The first-order chi connectivity index (χ1) is 13.8. The summed E-state index contributed by atoms with van der Waals surface area (Å²) in [6, 6.07) is 2.46. The van der Waals surface area contributed by atoms with E-state index in [0.717, 1.165) is 60.4 Å². The largest absolute Gasteiger partial charge is 0.370 e. The second-order valence-electron chi connectivity index (χ2n) is 8.59. The van der Waals surface area contributed by atoms with Crippen LogP contribution in [0, 0.1) is 11.3 Å². The minimum absolute atomic E-state index is 0.271. The summed E-state index contributed by atoms with van der Waals surface area (Å²) in [5.41, 5.74) is 3.71. The number of anilines is 1. The Hall–Kier alpha value is -2.17. The van der Waals surface area contributed by atoms with Crippen LogP contribution in [0.15, 0.2) is 12.7 Å². The van der Waals surface area contributed by atoms with Gasteiger partial charge in [0.15, 0.2) is 5.11 Å². The summed E-state index contributed by atoms with van der Waals surface area (Å²) in [5, 5.41) is 14.0. The van der Waals surface area contributed by atoms with Gasteiger partial charge in [-0.25, -0.2) is 4.98 Å². The second kappa shape index (κ2) is 8.68. The second-order valence-corrected chi connectivity index (χ2v) is 8.98. The van der Waals surface area contributed by atoms with Gasteiger partial charge in [0, 0.05) is 44.7 Å². The van der Waals surface area contributed by atoms with Crippen molar-refractivity contribution in [3.63, 3.8) is 0 Å². The van der Waals surface area contributed by atoms with E-state index in [0.29, 0.717) is 18.7 Å². The van der Waals surface area contributed by atoms with E-state index >= 15 is 0 Å². The Morgan fingerprint density at radius 2 is 2.03 bits per heavy atom. The monoisotopic (exact) mass is 413 g/mol. The van der Waals surface area contributed by atoms with Crippen LogP contribution in [0.2, 0.25) is 0 Å². The zero-order valence-electron chi connectivity index (χ0n) is 17.9. The summed E-state index contributed by atoms with van der Waals surface area (Å²) in [6.07, 6.45) is 2.54. The molecule has 156 valence electrons. The molecule has 1 aromatic rings. The molecular weight excluding hydrogens is 382 g/mol. The van der Waals surface area contributed by atoms with Gasteiger partial charge < -0.3 is 19.9 Å². The van der Waals surface area contributed by atoms with Gasteiger partial charge in [-0.05, 0) is 37.5 Å². The molecule has 2 aliphatic heterocycles. The molecule has 0 amide bonds. The van der Waals surface area contributed by atoms with Crippen molar-refractivity contribution in [1.82, 2.24) is 15.2 Å². The Morgan fingerprint density at radius 1 is 1.34 bits per heavy atom. The number of nitrogens with zero attached hydrogens (tertiary/aromatic N) is 4. The van der Waals surface area contributed by atoms with Crippen LogP contribution in [0.1, 0.15) is 56.0 Å². The molecule has 1 aromatic heterocycles. The molecule has 0 aromatic carbocycles. The van der Waals surface area contributed by atoms with Crippen LogP contribution in [0.3, 0.4) is 0 Å². The van der Waals surface area contributed by atoms with Crippen molar-refractivity contribution < 1.29 is 4.74 Å². The van der Waals surface area contributed by atoms with Crippen molar-refractivity contribution in [3.8, 4) is 6.07 Å². The molecule has 0 aliphatic carbocycles. The van der Waals surface area contributed by atoms with Gasteiger partial charge in [-0.15, -0.1) is 6.58 Å². The Bertz CT molecular complexity index is 835. The molecule has 1 saturated heterocycles. The normalized spacial score (nSPS) is 18.2. The number of hydrogen-bond acceptors (Lipinski definition) is 5. The number of fused-ring (bicyclic) bond motifs is 1. The highest BCUT2D eigenvalue weighted by molar-refractivity contribution is 7.80. The molecule has 2 aliphatic rings. The van der Waals surface area contributed by atoms with Gasteiger partial charge in [0.2, 0.25) is 0 Å². The molecule has 1 fully saturated rings. The minimum Gasteiger partial charge on any atom is -0.370 e. The van der Waals surface area contributed by atoms with E-state index in [1.54, 1.807) is 6.08 Å². The maximum atomic E-state index is 10.0. The molecule has 3 rings (SSSR count). The van der Waals surface area contributed by atoms with Crippen molar-refractivity contribution in [2.45, 2.75) is 52.2 Å². The van der Waals surface area contributed by atoms with Crippen LogP contribution >= 0.6 is 12.2 Å². The average molecular weight is 414 g/mol. The van der Waals surface area contributed by atoms with Crippen molar-refractivity contribution in [2.75, 3.05) is 37.6 Å². The SMILES string of the molecule is C=CCNC(=S)N1CCN(c2nc(C(C)C)c3c(c2C#N)CC(C)(C)OC3)CC1. The summed E-state index contributed by atoms with van der Waals surface area (Å²) in [4.78, 5) is 9.39. The summed E-state index contributed by atoms with van der Waals surface area (Å²) in [5.74, 6) is 1.09. The first-order valence-electron chi connectivity index (χ1n) is 10.3. The Balaban J connectivity index is 1.90. The van der Waals surface area contributed by atoms with Crippen molar-refractivity contribution in [1.29, 1.82) is 5.26 Å². The topological polar surface area (TPSA) is 64.4 Å². The number of hydrogen-bond donors (Lipinski definition) is 1. The lowest BCUT2D eigenvalue weighted by Crippen LogP contribution is -2.52. The zero-order chi connectivity index (χ0) is 21.2. The standard InChI is InChI=1S/C22H31N5OS/c1-6-7-24-21(29)27-10-8-26(9-11-27)20-17(13-23)16-12-22(4,5)28-14-18(16)19(25-20)15(2)3/h6,15H,1,7-12,14H2,2-5H3,(H,24,29). The highest BCUT2D eigenvalue weighted by atomic mass is 32.1. The smallest absolute Gasteiger partial charge is 0.169 e. The van der Waals surface area contributed by atoms with E-state index < -0.39 is 0 Å². The predicted octanol–water partition coefficient (Wildman–Crippen LogP) is 3.11. The van der Waals surface area contributed by atoms with Crippen LogP contribution < -0.4 is 10.2 Å². The van der Waals surface area contributed by atoms with E-state index in [-0.39, 0.29) is 11.5 Å². The van der Waals surface area contributed by atoms with E-state index in [1.165, 1.54) is 0 Å². The zero-order valence-corrected chi connectivity index (χ0v) is 18.7. The molecule has 6 nitrogen and oxygen atoms in total. The molecule has 0 bridgehead atoms. The summed E-state index contributed by atoms with van der Waals surface area (Å²) in [7, 11) is 0. The third-order valence-electron chi connectivity index (χ3n) is 5.56. The number of rotatable bonds is 4. The number of thiocarbonyl (C=S) groups is 1. The van der Waals surface area contributed by atoms with Crippen molar-refractivity contribution >= 4 is 23.1 Å². The third kappa shape index (κ3) is 4.54. The number of ether oxygens (including phenoxy) is 1. The summed E-state index contributed by atoms with van der Waals surface area (Å²) in [6.45, 7) is 16.6. The number of nitrogens with one attached hydrogen (secondary N) is 1. The molecule has 0 saturated carbocycles. The van der Waals surface area contributed by atoms with Gasteiger partial charge in [0.25, 0.3) is 0 Å². The van der Waals surface area contributed by atoms with Gasteiger partial charge in [0.1, 0.15) is 11.9 Å². The van der Waals surface area contributed by atoms with Crippen LogP contribution in [0.4, 0.5) is 5.82 Å². The number of nitriles is 1. The number of aromatic nitrogens is 1. The highest BCUT2D eigenvalue weighted by Crippen LogP contribution is 2.37. The van der Waals surface area contributed by atoms with Gasteiger partial charge >= 0.3 is 0 Å². The highest BCUT2D eigenvalue weighted by Gasteiger charge is 2.34. The molecule has 7 heteroatoms. The molecule has 0 atom stereocenters. The number of piperazine rings is 1. The number of pyridine rings is 1. The Labute approximate surface area is 179 Å². The maximum Gasteiger partial charge on any atom is 0.169 e. The van der Waals surface area contributed by atoms with Gasteiger partial charge in [-0.3, -0.25) is 0 Å². The molecule has 0 unspecified atom stereocenters.